The lowest BCUT2D eigenvalue weighted by atomic mass is 10.1. The van der Waals surface area contributed by atoms with Crippen LogP contribution in [0.3, 0.4) is 0 Å². The van der Waals surface area contributed by atoms with Crippen molar-refractivity contribution in [3.8, 4) is 0 Å². The van der Waals surface area contributed by atoms with Crippen molar-refractivity contribution in [1.82, 2.24) is 4.90 Å². The Labute approximate surface area is 93.5 Å². The number of hydrogen-bond acceptors (Lipinski definition) is 4. The fourth-order valence-corrected chi connectivity index (χ4v) is 1.30. The molecule has 6 heteroatoms. The van der Waals surface area contributed by atoms with Crippen LogP contribution in [0.25, 0.3) is 0 Å². The fraction of sp³-hybridized carbons (Fsp3) is 0.300. The number of amidine groups is 1. The molecule has 0 aromatic heterocycles. The zero-order valence-corrected chi connectivity index (χ0v) is 9.44. The molecule has 2 N–H and O–H groups in total. The molecule has 0 saturated carbocycles. The lowest BCUT2D eigenvalue weighted by Crippen LogP contribution is -2.22. The van der Waals surface area contributed by atoms with Gasteiger partial charge in [-0.3, -0.25) is 15.5 Å². The highest BCUT2D eigenvalue weighted by Crippen LogP contribution is 2.22. The highest BCUT2D eigenvalue weighted by Gasteiger charge is 2.14. The number of nitrogens with zero attached hydrogens (tertiary/aromatic N) is 2. The van der Waals surface area contributed by atoms with E-state index in [1.807, 2.05) is 0 Å². The molecule has 1 aromatic rings. The Morgan fingerprint density at radius 3 is 2.56 bits per heavy atom. The van der Waals surface area contributed by atoms with Crippen molar-refractivity contribution in [3.63, 3.8) is 0 Å². The van der Waals surface area contributed by atoms with Gasteiger partial charge in [-0.25, -0.2) is 0 Å². The maximum Gasteiger partial charge on any atom is 0.270 e. The molecule has 0 spiro atoms. The van der Waals surface area contributed by atoms with Gasteiger partial charge in [-0.2, -0.15) is 0 Å². The van der Waals surface area contributed by atoms with Crippen molar-refractivity contribution in [1.29, 1.82) is 5.41 Å². The molecule has 16 heavy (non-hydrogen) atoms. The molecule has 0 amide bonds. The number of non-ortho nitro benzene ring substituents is 1. The van der Waals surface area contributed by atoms with Crippen LogP contribution in [0.5, 0.6) is 0 Å². The minimum absolute atomic E-state index is 0.0133. The topological polar surface area (TPSA) is 82.3 Å². The van der Waals surface area contributed by atoms with Crippen LogP contribution in [0.1, 0.15) is 5.56 Å². The summed E-state index contributed by atoms with van der Waals surface area (Å²) in [5, 5.41) is 21.4. The Bertz CT molecular complexity index is 429. The van der Waals surface area contributed by atoms with Crippen LogP contribution >= 0.6 is 0 Å². The normalized spacial score (nSPS) is 9.69. The maximum atomic E-state index is 10.6. The number of rotatable bonds is 3. The molecule has 6 nitrogen and oxygen atoms in total. The zero-order valence-electron chi connectivity index (χ0n) is 9.44. The van der Waals surface area contributed by atoms with E-state index in [4.69, 9.17) is 5.41 Å². The number of nitro benzene ring substituents is 1. The quantitative estimate of drug-likeness (QED) is 0.351. The van der Waals surface area contributed by atoms with Crippen LogP contribution in [0.2, 0.25) is 0 Å². The van der Waals surface area contributed by atoms with E-state index < -0.39 is 4.92 Å². The third-order valence-electron chi connectivity index (χ3n) is 2.19. The Morgan fingerprint density at radius 2 is 2.12 bits per heavy atom. The standard InChI is InChI=1S/C10H14N4O2/c1-12-9-5-4-7(14(15)16)6-8(9)10(11)13(2)3/h4-6,11-12H,1-3H3. The van der Waals surface area contributed by atoms with Crippen molar-refractivity contribution >= 4 is 17.2 Å². The third kappa shape index (κ3) is 2.28. The predicted molar refractivity (Wildman–Crippen MR) is 63.2 cm³/mol. The average molecular weight is 222 g/mol. The van der Waals surface area contributed by atoms with Gasteiger partial charge in [-0.15, -0.1) is 0 Å². The van der Waals surface area contributed by atoms with Crippen molar-refractivity contribution in [2.24, 2.45) is 0 Å². The molecule has 0 radical (unpaired) electrons. The Morgan fingerprint density at radius 1 is 1.50 bits per heavy atom. The van der Waals surface area contributed by atoms with Gasteiger partial charge in [0.15, 0.2) is 0 Å². The van der Waals surface area contributed by atoms with E-state index in [9.17, 15) is 10.1 Å². The first kappa shape index (κ1) is 12.0. The van der Waals surface area contributed by atoms with E-state index >= 15 is 0 Å². The number of hydrogen-bond donors (Lipinski definition) is 2. The van der Waals surface area contributed by atoms with Crippen molar-refractivity contribution in [2.75, 3.05) is 26.5 Å². The van der Waals surface area contributed by atoms with Crippen LogP contribution in [-0.2, 0) is 0 Å². The summed E-state index contributed by atoms with van der Waals surface area (Å²) >= 11 is 0. The van der Waals surface area contributed by atoms with Crippen LogP contribution in [0.4, 0.5) is 11.4 Å². The van der Waals surface area contributed by atoms with Crippen molar-refractivity contribution in [2.45, 2.75) is 0 Å². The molecule has 1 rings (SSSR count). The Balaban J connectivity index is 3.27. The van der Waals surface area contributed by atoms with Crippen molar-refractivity contribution < 1.29 is 4.92 Å². The zero-order chi connectivity index (χ0) is 12.3. The number of anilines is 1. The van der Waals surface area contributed by atoms with Gasteiger partial charge in [0.05, 0.1) is 4.92 Å². The summed E-state index contributed by atoms with van der Waals surface area (Å²) < 4.78 is 0. The van der Waals surface area contributed by atoms with Gasteiger partial charge in [-0.1, -0.05) is 0 Å². The largest absolute Gasteiger partial charge is 0.388 e. The van der Waals surface area contributed by atoms with Gasteiger partial charge >= 0.3 is 0 Å². The summed E-state index contributed by atoms with van der Waals surface area (Å²) in [7, 11) is 5.16. The van der Waals surface area contributed by atoms with E-state index in [0.717, 1.165) is 0 Å². The second kappa shape index (κ2) is 4.61. The highest BCUT2D eigenvalue weighted by molar-refractivity contribution is 6.01. The monoisotopic (exact) mass is 222 g/mol. The van der Waals surface area contributed by atoms with Gasteiger partial charge in [0.2, 0.25) is 0 Å². The van der Waals surface area contributed by atoms with Crippen LogP contribution in [0, 0.1) is 15.5 Å². The smallest absolute Gasteiger partial charge is 0.270 e. The van der Waals surface area contributed by atoms with Gasteiger partial charge in [0, 0.05) is 44.5 Å². The Hall–Kier alpha value is -2.11. The third-order valence-corrected chi connectivity index (χ3v) is 2.19. The predicted octanol–water partition coefficient (Wildman–Crippen LogP) is 1.52. The fourth-order valence-electron chi connectivity index (χ4n) is 1.30. The minimum atomic E-state index is -0.466. The number of nitro groups is 1. The SMILES string of the molecule is CNc1ccc([N+](=O)[O-])cc1C(=N)N(C)C. The molecule has 1 aromatic carbocycles. The van der Waals surface area contributed by atoms with Gasteiger partial charge in [0.25, 0.3) is 5.69 Å². The molecule has 0 saturated heterocycles. The van der Waals surface area contributed by atoms with E-state index in [1.54, 1.807) is 32.1 Å². The van der Waals surface area contributed by atoms with Crippen molar-refractivity contribution in [3.05, 3.63) is 33.9 Å². The molecule has 0 bridgehead atoms. The molecule has 0 atom stereocenters. The molecule has 0 heterocycles. The number of benzene rings is 1. The molecular formula is C10H14N4O2. The van der Waals surface area contributed by atoms with E-state index in [1.165, 1.54) is 12.1 Å². The summed E-state index contributed by atoms with van der Waals surface area (Å²) in [6, 6.07) is 4.41. The summed E-state index contributed by atoms with van der Waals surface area (Å²) in [5.74, 6) is 0.230. The molecule has 0 aliphatic rings. The summed E-state index contributed by atoms with van der Waals surface area (Å²) in [6.07, 6.45) is 0. The molecular weight excluding hydrogens is 208 g/mol. The summed E-state index contributed by atoms with van der Waals surface area (Å²) in [5.41, 5.74) is 1.20. The number of nitrogens with one attached hydrogen (secondary N) is 2. The first-order chi connectivity index (χ1) is 7.47. The van der Waals surface area contributed by atoms with E-state index in [2.05, 4.69) is 5.32 Å². The Kier molecular flexibility index (Phi) is 3.44. The summed E-state index contributed by atoms with van der Waals surface area (Å²) in [6.45, 7) is 0. The molecule has 0 aliphatic heterocycles. The van der Waals surface area contributed by atoms with Crippen LogP contribution in [0.15, 0.2) is 18.2 Å². The molecule has 86 valence electrons. The first-order valence-corrected chi connectivity index (χ1v) is 4.69. The lowest BCUT2D eigenvalue weighted by molar-refractivity contribution is -0.384. The summed E-state index contributed by atoms with van der Waals surface area (Å²) in [4.78, 5) is 11.8. The van der Waals surface area contributed by atoms with Crippen LogP contribution < -0.4 is 5.32 Å². The average Bonchev–Trinajstić information content (AvgIpc) is 2.26. The van der Waals surface area contributed by atoms with E-state index in [-0.39, 0.29) is 11.5 Å². The van der Waals surface area contributed by atoms with Gasteiger partial charge in [-0.05, 0) is 6.07 Å². The maximum absolute atomic E-state index is 10.6. The minimum Gasteiger partial charge on any atom is -0.388 e. The molecule has 0 aliphatic carbocycles. The molecule has 0 fully saturated rings. The molecule has 0 unspecified atom stereocenters. The van der Waals surface area contributed by atoms with Gasteiger partial charge in [0.1, 0.15) is 5.84 Å². The lowest BCUT2D eigenvalue weighted by Gasteiger charge is -2.16. The van der Waals surface area contributed by atoms with Crippen LogP contribution in [-0.4, -0.2) is 36.8 Å². The highest BCUT2D eigenvalue weighted by atomic mass is 16.6. The first-order valence-electron chi connectivity index (χ1n) is 4.69. The second-order valence-corrected chi connectivity index (χ2v) is 3.48. The van der Waals surface area contributed by atoms with E-state index in [0.29, 0.717) is 11.3 Å². The second-order valence-electron chi connectivity index (χ2n) is 3.48. The van der Waals surface area contributed by atoms with Gasteiger partial charge < -0.3 is 10.2 Å².